The van der Waals surface area contributed by atoms with Crippen LogP contribution in [0.4, 0.5) is 0 Å². The summed E-state index contributed by atoms with van der Waals surface area (Å²) in [5, 5.41) is 3.76. The summed E-state index contributed by atoms with van der Waals surface area (Å²) in [5.41, 5.74) is 1.41. The van der Waals surface area contributed by atoms with Gasteiger partial charge in [0.25, 0.3) is 0 Å². The minimum atomic E-state index is 0.523. The van der Waals surface area contributed by atoms with Gasteiger partial charge in [0.1, 0.15) is 0 Å². The molecule has 0 radical (unpaired) electrons. The molecule has 1 aliphatic carbocycles. The Labute approximate surface area is 107 Å². The molecule has 1 nitrogen and oxygen atoms in total. The highest BCUT2D eigenvalue weighted by molar-refractivity contribution is 9.10. The molecule has 1 fully saturated rings. The lowest BCUT2D eigenvalue weighted by molar-refractivity contribution is 0.494. The maximum atomic E-state index is 3.76. The Morgan fingerprint density at radius 3 is 2.50 bits per heavy atom. The fourth-order valence-electron chi connectivity index (χ4n) is 2.31. The molecule has 0 saturated heterocycles. The van der Waals surface area contributed by atoms with Crippen molar-refractivity contribution in [3.05, 3.63) is 34.3 Å². The van der Waals surface area contributed by atoms with E-state index >= 15 is 0 Å². The summed E-state index contributed by atoms with van der Waals surface area (Å²) in [6, 6.07) is 9.98. The number of hydrogen-bond donors (Lipinski definition) is 1. The lowest BCUT2D eigenvalue weighted by Gasteiger charge is -2.17. The lowest BCUT2D eigenvalue weighted by Crippen LogP contribution is -2.24. The molecular weight excluding hydrogens is 262 g/mol. The normalized spacial score (nSPS) is 25.4. The Hall–Kier alpha value is -0.340. The third-order valence-corrected chi connectivity index (χ3v) is 4.07. The Balaban J connectivity index is 1.97. The van der Waals surface area contributed by atoms with E-state index in [1.807, 2.05) is 0 Å². The van der Waals surface area contributed by atoms with Crippen molar-refractivity contribution in [2.75, 3.05) is 0 Å². The van der Waals surface area contributed by atoms with Crippen LogP contribution in [0.1, 0.15) is 44.7 Å². The van der Waals surface area contributed by atoms with Crippen LogP contribution in [0.5, 0.6) is 0 Å². The fourth-order valence-corrected chi connectivity index (χ4v) is 2.57. The molecule has 16 heavy (non-hydrogen) atoms. The van der Waals surface area contributed by atoms with E-state index in [9.17, 15) is 0 Å². The second-order valence-corrected chi connectivity index (χ2v) is 5.61. The Morgan fingerprint density at radius 1 is 1.31 bits per heavy atom. The van der Waals surface area contributed by atoms with Gasteiger partial charge in [-0.2, -0.15) is 0 Å². The molecule has 1 saturated carbocycles. The summed E-state index contributed by atoms with van der Waals surface area (Å²) in [4.78, 5) is 0. The van der Waals surface area contributed by atoms with Gasteiger partial charge in [0.15, 0.2) is 0 Å². The summed E-state index contributed by atoms with van der Waals surface area (Å²) in [7, 11) is 0. The average Bonchev–Trinajstić information content (AvgIpc) is 3.06. The van der Waals surface area contributed by atoms with Crippen molar-refractivity contribution in [3.8, 4) is 0 Å². The minimum absolute atomic E-state index is 0.523. The molecule has 1 N–H and O–H groups in total. The number of hydrogen-bond acceptors (Lipinski definition) is 1. The predicted molar refractivity (Wildman–Crippen MR) is 72.5 cm³/mol. The zero-order valence-corrected chi connectivity index (χ0v) is 11.6. The zero-order valence-electron chi connectivity index (χ0n) is 10.0. The number of benzene rings is 1. The highest BCUT2D eigenvalue weighted by atomic mass is 79.9. The monoisotopic (exact) mass is 281 g/mol. The van der Waals surface area contributed by atoms with E-state index in [1.54, 1.807) is 0 Å². The molecule has 1 aromatic rings. The molecule has 1 aromatic carbocycles. The second kappa shape index (κ2) is 5.33. The van der Waals surface area contributed by atoms with E-state index in [1.165, 1.54) is 18.4 Å². The van der Waals surface area contributed by atoms with Gasteiger partial charge < -0.3 is 5.32 Å². The Bertz CT molecular complexity index is 333. The van der Waals surface area contributed by atoms with Crippen molar-refractivity contribution in [1.82, 2.24) is 5.32 Å². The largest absolute Gasteiger partial charge is 0.307 e. The van der Waals surface area contributed by atoms with Gasteiger partial charge in [-0.05, 0) is 36.5 Å². The molecule has 0 amide bonds. The van der Waals surface area contributed by atoms with Crippen LogP contribution in [0.25, 0.3) is 0 Å². The van der Waals surface area contributed by atoms with Crippen molar-refractivity contribution < 1.29 is 0 Å². The van der Waals surface area contributed by atoms with Crippen molar-refractivity contribution in [1.29, 1.82) is 0 Å². The third kappa shape index (κ3) is 2.86. The number of nitrogens with one attached hydrogen (secondary N) is 1. The van der Waals surface area contributed by atoms with E-state index in [4.69, 9.17) is 0 Å². The molecule has 2 heteroatoms. The van der Waals surface area contributed by atoms with Crippen LogP contribution >= 0.6 is 15.9 Å². The van der Waals surface area contributed by atoms with Crippen molar-refractivity contribution >= 4 is 15.9 Å². The molecule has 88 valence electrons. The van der Waals surface area contributed by atoms with Gasteiger partial charge >= 0.3 is 0 Å². The van der Waals surface area contributed by atoms with Crippen molar-refractivity contribution in [3.63, 3.8) is 0 Å². The first kappa shape index (κ1) is 12.1. The van der Waals surface area contributed by atoms with E-state index in [0.717, 1.165) is 22.9 Å². The topological polar surface area (TPSA) is 12.0 Å². The van der Waals surface area contributed by atoms with Gasteiger partial charge in [-0.25, -0.2) is 0 Å². The van der Waals surface area contributed by atoms with Crippen LogP contribution in [0.2, 0.25) is 0 Å². The smallest absolute Gasteiger partial charge is 0.0320 e. The van der Waals surface area contributed by atoms with Crippen LogP contribution < -0.4 is 5.32 Å². The molecule has 3 unspecified atom stereocenters. The van der Waals surface area contributed by atoms with Gasteiger partial charge in [-0.3, -0.25) is 0 Å². The van der Waals surface area contributed by atoms with Gasteiger partial charge in [0.05, 0.1) is 0 Å². The predicted octanol–water partition coefficient (Wildman–Crippen LogP) is 4.29. The second-order valence-electron chi connectivity index (χ2n) is 4.69. The fraction of sp³-hybridized carbons (Fsp3) is 0.571. The molecule has 3 atom stereocenters. The molecule has 0 spiro atoms. The average molecular weight is 282 g/mol. The SMILES string of the molecule is CCC(NC1CC1CC)c1ccc(Br)cc1. The van der Waals surface area contributed by atoms with Crippen LogP contribution in [-0.2, 0) is 0 Å². The van der Waals surface area contributed by atoms with Gasteiger partial charge in [0.2, 0.25) is 0 Å². The van der Waals surface area contributed by atoms with Gasteiger partial charge in [-0.1, -0.05) is 48.3 Å². The highest BCUT2D eigenvalue weighted by Gasteiger charge is 2.36. The first-order valence-corrected chi connectivity index (χ1v) is 7.05. The van der Waals surface area contributed by atoms with Gasteiger partial charge in [0, 0.05) is 16.6 Å². The first-order chi connectivity index (χ1) is 7.74. The van der Waals surface area contributed by atoms with E-state index in [-0.39, 0.29) is 0 Å². The Morgan fingerprint density at radius 2 is 2.00 bits per heavy atom. The molecule has 2 rings (SSSR count). The summed E-state index contributed by atoms with van der Waals surface area (Å²) < 4.78 is 1.16. The van der Waals surface area contributed by atoms with Crippen molar-refractivity contribution in [2.45, 2.75) is 45.2 Å². The molecule has 1 aliphatic rings. The molecule has 0 bridgehead atoms. The maximum absolute atomic E-state index is 3.76. The van der Waals surface area contributed by atoms with Crippen LogP contribution in [0.15, 0.2) is 28.7 Å². The maximum Gasteiger partial charge on any atom is 0.0320 e. The Kier molecular flexibility index (Phi) is 4.04. The van der Waals surface area contributed by atoms with E-state index < -0.39 is 0 Å². The highest BCUT2D eigenvalue weighted by Crippen LogP contribution is 2.35. The van der Waals surface area contributed by atoms with E-state index in [2.05, 4.69) is 59.4 Å². The van der Waals surface area contributed by atoms with Crippen LogP contribution in [0.3, 0.4) is 0 Å². The summed E-state index contributed by atoms with van der Waals surface area (Å²) in [6.07, 6.45) is 3.84. The van der Waals surface area contributed by atoms with E-state index in [0.29, 0.717) is 6.04 Å². The molecule has 0 aliphatic heterocycles. The first-order valence-electron chi connectivity index (χ1n) is 6.26. The van der Waals surface area contributed by atoms with Crippen LogP contribution in [0, 0.1) is 5.92 Å². The molecule has 0 heterocycles. The summed E-state index contributed by atoms with van der Waals surface area (Å²) in [6.45, 7) is 4.54. The van der Waals surface area contributed by atoms with Crippen molar-refractivity contribution in [2.24, 2.45) is 5.92 Å². The third-order valence-electron chi connectivity index (χ3n) is 3.54. The molecular formula is C14H20BrN. The van der Waals surface area contributed by atoms with Gasteiger partial charge in [-0.15, -0.1) is 0 Å². The summed E-state index contributed by atoms with van der Waals surface area (Å²) >= 11 is 3.48. The van der Waals surface area contributed by atoms with Crippen LogP contribution in [-0.4, -0.2) is 6.04 Å². The standard InChI is InChI=1S/C14H20BrN/c1-3-10-9-14(10)16-13(4-2)11-5-7-12(15)8-6-11/h5-8,10,13-14,16H,3-4,9H2,1-2H3. The summed E-state index contributed by atoms with van der Waals surface area (Å²) in [5.74, 6) is 0.921. The lowest BCUT2D eigenvalue weighted by atomic mass is 10.0. The minimum Gasteiger partial charge on any atom is -0.307 e. The number of rotatable bonds is 5. The quantitative estimate of drug-likeness (QED) is 0.849. The molecule has 0 aromatic heterocycles. The zero-order chi connectivity index (χ0) is 11.5. The number of halogens is 1.